The molecule has 4 aromatic rings. The summed E-state index contributed by atoms with van der Waals surface area (Å²) in [6.45, 7) is 5.80. The molecule has 1 saturated carbocycles. The summed E-state index contributed by atoms with van der Waals surface area (Å²) in [5.41, 5.74) is 4.94. The molecule has 0 aliphatic heterocycles. The molecule has 0 spiro atoms. The van der Waals surface area contributed by atoms with Gasteiger partial charge < -0.3 is 9.72 Å². The van der Waals surface area contributed by atoms with E-state index in [9.17, 15) is 4.79 Å². The van der Waals surface area contributed by atoms with Gasteiger partial charge in [-0.3, -0.25) is 9.69 Å². The van der Waals surface area contributed by atoms with E-state index in [0.29, 0.717) is 25.7 Å². The number of nitrogens with one attached hydrogen (secondary N) is 1. The first-order valence-electron chi connectivity index (χ1n) is 12.3. The molecule has 1 aliphatic carbocycles. The standard InChI is InChI=1S/C27H32N6O2/c1-18-8-9-19(2)26-24(18)14-21(27(34)28-26)16-32(15-20-10-12-23(35-3)13-11-20)17-25-29-30-31-33(25)22-6-4-5-7-22/h8-14,22H,4-7,15-17H2,1-3H3,(H,28,34). The quantitative estimate of drug-likeness (QED) is 0.407. The number of methoxy groups -OCH3 is 1. The Labute approximate surface area is 204 Å². The van der Waals surface area contributed by atoms with Crippen molar-refractivity contribution in [2.24, 2.45) is 0 Å². The maximum absolute atomic E-state index is 13.1. The third-order valence-electron chi connectivity index (χ3n) is 7.08. The highest BCUT2D eigenvalue weighted by Crippen LogP contribution is 2.29. The molecule has 1 fully saturated rings. The first-order valence-corrected chi connectivity index (χ1v) is 12.3. The lowest BCUT2D eigenvalue weighted by atomic mass is 10.0. The molecule has 1 aliphatic rings. The molecule has 35 heavy (non-hydrogen) atoms. The van der Waals surface area contributed by atoms with E-state index < -0.39 is 0 Å². The van der Waals surface area contributed by atoms with E-state index in [0.717, 1.165) is 57.6 Å². The van der Waals surface area contributed by atoms with E-state index in [1.807, 2.05) is 35.9 Å². The van der Waals surface area contributed by atoms with Crippen LogP contribution in [-0.4, -0.2) is 37.2 Å². The highest BCUT2D eigenvalue weighted by atomic mass is 16.5. The summed E-state index contributed by atoms with van der Waals surface area (Å²) in [5, 5.41) is 13.7. The Kier molecular flexibility index (Phi) is 6.63. The van der Waals surface area contributed by atoms with Gasteiger partial charge in [0.1, 0.15) is 5.75 Å². The summed E-state index contributed by atoms with van der Waals surface area (Å²) in [4.78, 5) is 18.5. The summed E-state index contributed by atoms with van der Waals surface area (Å²) in [5.74, 6) is 1.66. The Morgan fingerprint density at radius 3 is 2.51 bits per heavy atom. The molecule has 0 amide bonds. The largest absolute Gasteiger partial charge is 0.497 e. The summed E-state index contributed by atoms with van der Waals surface area (Å²) in [6, 6.07) is 14.6. The zero-order valence-corrected chi connectivity index (χ0v) is 20.6. The number of rotatable bonds is 8. The fourth-order valence-corrected chi connectivity index (χ4v) is 5.08. The third-order valence-corrected chi connectivity index (χ3v) is 7.08. The molecular weight excluding hydrogens is 440 g/mol. The molecule has 5 rings (SSSR count). The van der Waals surface area contributed by atoms with Crippen LogP contribution in [-0.2, 0) is 19.6 Å². The lowest BCUT2D eigenvalue weighted by molar-refractivity contribution is 0.231. The second kappa shape index (κ2) is 10.00. The van der Waals surface area contributed by atoms with Gasteiger partial charge in [0.15, 0.2) is 5.82 Å². The van der Waals surface area contributed by atoms with Gasteiger partial charge in [0.2, 0.25) is 0 Å². The molecule has 0 saturated heterocycles. The second-order valence-electron chi connectivity index (χ2n) is 9.58. The van der Waals surface area contributed by atoms with Crippen LogP contribution in [0.25, 0.3) is 10.9 Å². The highest BCUT2D eigenvalue weighted by Gasteiger charge is 2.23. The van der Waals surface area contributed by atoms with Gasteiger partial charge in [0.25, 0.3) is 5.56 Å². The lowest BCUT2D eigenvalue weighted by Crippen LogP contribution is -2.28. The topological polar surface area (TPSA) is 88.9 Å². The van der Waals surface area contributed by atoms with Gasteiger partial charge in [-0.15, -0.1) is 5.10 Å². The summed E-state index contributed by atoms with van der Waals surface area (Å²) in [7, 11) is 1.67. The predicted octanol–water partition coefficient (Wildman–Crippen LogP) is 4.46. The van der Waals surface area contributed by atoms with Gasteiger partial charge in [-0.25, -0.2) is 4.68 Å². The lowest BCUT2D eigenvalue weighted by Gasteiger charge is -2.23. The van der Waals surface area contributed by atoms with E-state index in [-0.39, 0.29) is 5.56 Å². The Balaban J connectivity index is 1.47. The van der Waals surface area contributed by atoms with Crippen molar-refractivity contribution in [3.05, 3.63) is 80.9 Å². The normalized spacial score (nSPS) is 14.3. The van der Waals surface area contributed by atoms with Crippen LogP contribution in [0.15, 0.2) is 47.3 Å². The molecule has 2 aromatic carbocycles. The Morgan fingerprint density at radius 2 is 1.77 bits per heavy atom. The monoisotopic (exact) mass is 472 g/mol. The molecule has 0 bridgehead atoms. The summed E-state index contributed by atoms with van der Waals surface area (Å²) >= 11 is 0. The molecule has 0 atom stereocenters. The van der Waals surface area contributed by atoms with Crippen LogP contribution in [0, 0.1) is 13.8 Å². The number of benzene rings is 2. The molecule has 182 valence electrons. The van der Waals surface area contributed by atoms with Crippen molar-refractivity contribution in [1.29, 1.82) is 0 Å². The number of aromatic nitrogens is 5. The van der Waals surface area contributed by atoms with Crippen molar-refractivity contribution >= 4 is 10.9 Å². The number of H-pyrrole nitrogens is 1. The molecule has 2 heterocycles. The number of tetrazole rings is 1. The van der Waals surface area contributed by atoms with Gasteiger partial charge in [-0.05, 0) is 72.0 Å². The van der Waals surface area contributed by atoms with Crippen molar-refractivity contribution in [3.63, 3.8) is 0 Å². The smallest absolute Gasteiger partial charge is 0.252 e. The van der Waals surface area contributed by atoms with E-state index >= 15 is 0 Å². The van der Waals surface area contributed by atoms with Gasteiger partial charge in [0.05, 0.1) is 25.2 Å². The van der Waals surface area contributed by atoms with Gasteiger partial charge in [-0.2, -0.15) is 0 Å². The van der Waals surface area contributed by atoms with Crippen molar-refractivity contribution in [1.82, 2.24) is 30.1 Å². The average Bonchev–Trinajstić information content (AvgIpc) is 3.55. The molecule has 0 radical (unpaired) electrons. The molecule has 8 heteroatoms. The average molecular weight is 473 g/mol. The van der Waals surface area contributed by atoms with Crippen LogP contribution in [0.4, 0.5) is 0 Å². The van der Waals surface area contributed by atoms with Gasteiger partial charge >= 0.3 is 0 Å². The number of aryl methyl sites for hydroxylation is 2. The van der Waals surface area contributed by atoms with Crippen LogP contribution >= 0.6 is 0 Å². The number of fused-ring (bicyclic) bond motifs is 1. The van der Waals surface area contributed by atoms with E-state index in [4.69, 9.17) is 4.74 Å². The predicted molar refractivity (Wildman–Crippen MR) is 135 cm³/mol. The van der Waals surface area contributed by atoms with Crippen LogP contribution < -0.4 is 10.3 Å². The molecule has 8 nitrogen and oxygen atoms in total. The molecule has 2 aromatic heterocycles. The van der Waals surface area contributed by atoms with Crippen LogP contribution in [0.3, 0.4) is 0 Å². The van der Waals surface area contributed by atoms with Crippen LogP contribution in [0.5, 0.6) is 5.75 Å². The number of hydrogen-bond acceptors (Lipinski definition) is 6. The molecular formula is C27H32N6O2. The first kappa shape index (κ1) is 23.2. The number of pyridine rings is 1. The van der Waals surface area contributed by atoms with E-state index in [1.165, 1.54) is 12.8 Å². The number of hydrogen-bond donors (Lipinski definition) is 1. The Morgan fingerprint density at radius 1 is 1.03 bits per heavy atom. The van der Waals surface area contributed by atoms with Gasteiger partial charge in [-0.1, -0.05) is 37.1 Å². The first-order chi connectivity index (χ1) is 17.0. The van der Waals surface area contributed by atoms with Crippen LogP contribution in [0.1, 0.15) is 59.8 Å². The minimum Gasteiger partial charge on any atom is -0.497 e. The van der Waals surface area contributed by atoms with Crippen molar-refractivity contribution in [2.75, 3.05) is 7.11 Å². The minimum absolute atomic E-state index is 0.0543. The SMILES string of the molecule is COc1ccc(CN(Cc2cc3c(C)ccc(C)c3[nH]c2=O)Cc2nnnn2C2CCCC2)cc1. The fraction of sp³-hybridized carbons (Fsp3) is 0.407. The molecule has 1 N–H and O–H groups in total. The zero-order valence-electron chi connectivity index (χ0n) is 20.6. The van der Waals surface area contributed by atoms with Crippen molar-refractivity contribution < 1.29 is 4.74 Å². The van der Waals surface area contributed by atoms with Crippen molar-refractivity contribution in [2.45, 2.75) is 65.2 Å². The summed E-state index contributed by atoms with van der Waals surface area (Å²) < 4.78 is 7.31. The Bertz CT molecular complexity index is 1370. The Hall–Kier alpha value is -3.52. The van der Waals surface area contributed by atoms with E-state index in [1.54, 1.807) is 7.11 Å². The summed E-state index contributed by atoms with van der Waals surface area (Å²) in [6.07, 6.45) is 4.65. The number of nitrogens with zero attached hydrogens (tertiary/aromatic N) is 5. The number of ether oxygens (including phenoxy) is 1. The third kappa shape index (κ3) is 4.98. The highest BCUT2D eigenvalue weighted by molar-refractivity contribution is 5.85. The maximum Gasteiger partial charge on any atom is 0.252 e. The fourth-order valence-electron chi connectivity index (χ4n) is 5.08. The van der Waals surface area contributed by atoms with Crippen molar-refractivity contribution in [3.8, 4) is 5.75 Å². The second-order valence-corrected chi connectivity index (χ2v) is 9.58. The maximum atomic E-state index is 13.1. The minimum atomic E-state index is -0.0543. The molecule has 0 unspecified atom stereocenters. The van der Waals surface area contributed by atoms with Gasteiger partial charge in [0, 0.05) is 24.0 Å². The number of aromatic amines is 1. The van der Waals surface area contributed by atoms with Crippen LogP contribution in [0.2, 0.25) is 0 Å². The van der Waals surface area contributed by atoms with E-state index in [2.05, 4.69) is 50.5 Å². The zero-order chi connectivity index (χ0) is 24.4.